The molecule has 0 atom stereocenters. The van der Waals surface area contributed by atoms with E-state index in [2.05, 4.69) is 20.3 Å². The zero-order valence-corrected chi connectivity index (χ0v) is 27.1. The molecule has 1 amide bonds. The van der Waals surface area contributed by atoms with Crippen LogP contribution in [0.15, 0.2) is 123 Å². The van der Waals surface area contributed by atoms with E-state index in [9.17, 15) is 31.3 Å². The van der Waals surface area contributed by atoms with Gasteiger partial charge in [0.25, 0.3) is 26.0 Å². The van der Waals surface area contributed by atoms with Crippen molar-refractivity contribution in [2.45, 2.75) is 16.7 Å². The van der Waals surface area contributed by atoms with E-state index in [-0.39, 0.29) is 57.1 Å². The summed E-state index contributed by atoms with van der Waals surface area (Å²) in [6, 6.07) is 25.8. The number of rotatable bonds is 8. The van der Waals surface area contributed by atoms with Crippen LogP contribution in [0.3, 0.4) is 0 Å². The molecule has 218 valence electrons. The number of hydrogen-bond donors (Lipinski definition) is 3. The molecule has 0 unspecified atom stereocenters. The summed E-state index contributed by atoms with van der Waals surface area (Å²) in [7, 11) is -8.78. The monoisotopic (exact) mass is 638 g/mol. The topological polar surface area (TPSA) is 177 Å². The number of carbonyl (C=O) groups excluding carboxylic acids is 1. The molecule has 5 rings (SSSR count). The molecule has 0 fully saturated rings. The molecule has 0 spiro atoms. The number of aryl methyl sites for hydroxylation is 1. The summed E-state index contributed by atoms with van der Waals surface area (Å²) < 4.78 is 60.7. The molecular weight excluding hydrogens is 615 g/mol. The van der Waals surface area contributed by atoms with E-state index < -0.39 is 36.7 Å². The van der Waals surface area contributed by atoms with E-state index in [1.807, 2.05) is 0 Å². The first-order valence-electron chi connectivity index (χ1n) is 12.6. The van der Waals surface area contributed by atoms with Crippen LogP contribution in [0, 0.1) is 6.92 Å². The van der Waals surface area contributed by atoms with Gasteiger partial charge in [0.15, 0.2) is 0 Å². The Labute approximate surface area is 275 Å². The average Bonchev–Trinajstić information content (AvgIpc) is 2.97. The van der Waals surface area contributed by atoms with Crippen molar-refractivity contribution in [2.75, 3.05) is 10.0 Å². The first-order chi connectivity index (χ1) is 20.4. The van der Waals surface area contributed by atoms with Crippen LogP contribution in [0.1, 0.15) is 15.9 Å². The van der Waals surface area contributed by atoms with Gasteiger partial charge in [0.05, 0.1) is 26.9 Å². The molecule has 0 aliphatic carbocycles. The number of anilines is 2. The van der Waals surface area contributed by atoms with Crippen LogP contribution >= 0.6 is 0 Å². The fraction of sp³-hybridized carbons (Fsp3) is 0.0333. The van der Waals surface area contributed by atoms with Crippen molar-refractivity contribution >= 4 is 59.6 Å². The fourth-order valence-corrected chi connectivity index (χ4v) is 5.79. The average molecular weight is 639 g/mol. The van der Waals surface area contributed by atoms with Crippen LogP contribution in [0.4, 0.5) is 22.7 Å². The van der Waals surface area contributed by atoms with E-state index in [0.29, 0.717) is 22.0 Å². The number of nitrogens with zero attached hydrogens (tertiary/aromatic N) is 2. The van der Waals surface area contributed by atoms with Crippen LogP contribution in [0.25, 0.3) is 10.8 Å². The minimum atomic E-state index is -4.55. The predicted molar refractivity (Wildman–Crippen MR) is 160 cm³/mol. The smallest absolute Gasteiger partial charge is 0.870 e. The molecule has 0 bridgehead atoms. The van der Waals surface area contributed by atoms with E-state index in [4.69, 9.17) is 0 Å². The maximum absolute atomic E-state index is 13.5. The van der Waals surface area contributed by atoms with Crippen molar-refractivity contribution in [1.29, 1.82) is 0 Å². The summed E-state index contributed by atoms with van der Waals surface area (Å²) >= 11 is 0. The molecule has 44 heavy (non-hydrogen) atoms. The summed E-state index contributed by atoms with van der Waals surface area (Å²) in [6.07, 6.45) is 0. The third-order valence-electron chi connectivity index (χ3n) is 6.38. The molecule has 11 nitrogen and oxygen atoms in total. The molecule has 0 aliphatic heterocycles. The van der Waals surface area contributed by atoms with Gasteiger partial charge >= 0.3 is 29.6 Å². The minimum absolute atomic E-state index is 0. The molecule has 3 N–H and O–H groups in total. The Balaban J connectivity index is 0.00000442. The number of nitrogens with one attached hydrogen (secondary N) is 2. The van der Waals surface area contributed by atoms with Crippen molar-refractivity contribution in [1.82, 2.24) is 0 Å². The number of hydrogen-bond acceptors (Lipinski definition) is 8. The first kappa shape index (κ1) is 32.8. The number of benzene rings is 5. The standard InChI is InChI=1S/C30H24N4O7S2.Na/c1-19-14-15-23(42(37,38)34-22-11-7-12-24(17-22)43(39,40)41)18-27(19)32-33-28-25-13-6-5-8-20(25)16-26(29(28)35)30(36)31-21-9-3-2-4-10-21;/h2-18,34-35H,1H3,(H,31,36)(H,39,40,41);/q;+1/p-1. The number of para-hydroxylation sites is 1. The maximum Gasteiger partial charge on any atom is 1.00 e. The Morgan fingerprint density at radius 1 is 0.773 bits per heavy atom. The van der Waals surface area contributed by atoms with Gasteiger partial charge in [-0.25, -0.2) is 8.42 Å². The van der Waals surface area contributed by atoms with Gasteiger partial charge in [-0.1, -0.05) is 60.3 Å². The van der Waals surface area contributed by atoms with Gasteiger partial charge in [-0.3, -0.25) is 14.1 Å². The molecule has 14 heteroatoms. The second kappa shape index (κ2) is 13.3. The summed E-state index contributed by atoms with van der Waals surface area (Å²) in [4.78, 5) is 12.3. The maximum atomic E-state index is 13.5. The Kier molecular flexibility index (Phi) is 9.88. The zero-order valence-electron chi connectivity index (χ0n) is 23.4. The summed E-state index contributed by atoms with van der Waals surface area (Å²) in [5.41, 5.74) is 0.870. The number of azo groups is 1. The van der Waals surface area contributed by atoms with Gasteiger partial charge in [0.2, 0.25) is 0 Å². The SMILES string of the molecule is Cc1ccc(S(=O)(=O)Nc2cccc(S(=O)(=O)O)c2)cc1N=Nc1c([O-])c(C(=O)Nc2ccccc2)cc2ccccc12.[Na+]. The largest absolute Gasteiger partial charge is 1.00 e. The summed E-state index contributed by atoms with van der Waals surface area (Å²) in [5, 5.41) is 25.6. The molecule has 0 aliphatic rings. The summed E-state index contributed by atoms with van der Waals surface area (Å²) in [5.74, 6) is -1.27. The molecule has 5 aromatic rings. The molecule has 5 aromatic carbocycles. The van der Waals surface area contributed by atoms with Gasteiger partial charge in [-0.05, 0) is 66.4 Å². The Hall–Kier alpha value is -4.11. The van der Waals surface area contributed by atoms with Gasteiger partial charge < -0.3 is 10.4 Å². The van der Waals surface area contributed by atoms with Crippen LogP contribution in [-0.4, -0.2) is 27.3 Å². The van der Waals surface area contributed by atoms with Gasteiger partial charge in [0.1, 0.15) is 0 Å². The molecule has 0 aromatic heterocycles. The third kappa shape index (κ3) is 7.33. The Bertz CT molecular complexity index is 2120. The predicted octanol–water partition coefficient (Wildman–Crippen LogP) is 2.94. The number of amides is 1. The van der Waals surface area contributed by atoms with Gasteiger partial charge in [-0.2, -0.15) is 18.6 Å². The minimum Gasteiger partial charge on any atom is -0.870 e. The number of sulfonamides is 1. The normalized spacial score (nSPS) is 11.7. The second-order valence-electron chi connectivity index (χ2n) is 9.40. The van der Waals surface area contributed by atoms with Gasteiger partial charge in [-0.15, -0.1) is 0 Å². The van der Waals surface area contributed by atoms with E-state index in [1.54, 1.807) is 61.5 Å². The van der Waals surface area contributed by atoms with Crippen molar-refractivity contribution < 1.29 is 60.8 Å². The van der Waals surface area contributed by atoms with Crippen LogP contribution < -0.4 is 44.7 Å². The van der Waals surface area contributed by atoms with E-state index in [0.717, 1.165) is 12.1 Å². The van der Waals surface area contributed by atoms with E-state index in [1.165, 1.54) is 36.4 Å². The molecular formula is C30H23N4NaO7S2. The van der Waals surface area contributed by atoms with Crippen LogP contribution in [-0.2, 0) is 20.1 Å². The van der Waals surface area contributed by atoms with Crippen LogP contribution in [0.2, 0.25) is 0 Å². The Morgan fingerprint density at radius 2 is 1.45 bits per heavy atom. The summed E-state index contributed by atoms with van der Waals surface area (Å²) in [6.45, 7) is 1.67. The first-order valence-corrected chi connectivity index (χ1v) is 15.6. The third-order valence-corrected chi connectivity index (χ3v) is 8.61. The zero-order chi connectivity index (χ0) is 30.8. The molecule has 0 saturated heterocycles. The Morgan fingerprint density at radius 3 is 2.18 bits per heavy atom. The van der Waals surface area contributed by atoms with Gasteiger partial charge in [0, 0.05) is 16.6 Å². The molecule has 0 radical (unpaired) electrons. The fourth-order valence-electron chi connectivity index (χ4n) is 4.20. The van der Waals surface area contributed by atoms with Crippen LogP contribution in [0.5, 0.6) is 5.75 Å². The van der Waals surface area contributed by atoms with E-state index >= 15 is 0 Å². The quantitative estimate of drug-likeness (QED) is 0.133. The second-order valence-corrected chi connectivity index (χ2v) is 12.5. The van der Waals surface area contributed by atoms with Crippen molar-refractivity contribution in [3.63, 3.8) is 0 Å². The molecule has 0 saturated carbocycles. The number of fused-ring (bicyclic) bond motifs is 1. The van der Waals surface area contributed by atoms with Crippen molar-refractivity contribution in [3.8, 4) is 5.75 Å². The van der Waals surface area contributed by atoms with Crippen molar-refractivity contribution in [3.05, 3.63) is 114 Å². The molecule has 0 heterocycles. The van der Waals surface area contributed by atoms with Crippen molar-refractivity contribution in [2.24, 2.45) is 10.2 Å². The number of carbonyl (C=O) groups is 1.